The smallest absolute Gasteiger partial charge is 0.272 e. The molecule has 3 rings (SSSR count). The zero-order valence-corrected chi connectivity index (χ0v) is 16.7. The van der Waals surface area contributed by atoms with Crippen LogP contribution in [0, 0.1) is 19.8 Å². The first-order chi connectivity index (χ1) is 13.0. The lowest BCUT2D eigenvalue weighted by Gasteiger charge is -2.37. The minimum atomic E-state index is -0.0226. The fourth-order valence-electron chi connectivity index (χ4n) is 3.27. The number of carbonyl (C=O) groups excluding carboxylic acids is 1. The summed E-state index contributed by atoms with van der Waals surface area (Å²) in [5, 5.41) is 3.25. The predicted octanol–water partition coefficient (Wildman–Crippen LogP) is 3.12. The van der Waals surface area contributed by atoms with Gasteiger partial charge in [0.25, 0.3) is 5.91 Å². The average Bonchev–Trinajstić information content (AvgIpc) is 2.68. The normalized spacial score (nSPS) is 14.6. The molecule has 2 aromatic rings. The SMILES string of the molecule is Cc1cccc(N2CCN(C(=O)c3cc(NCC(C)C)ncn3)CC2)c1C. The van der Waals surface area contributed by atoms with E-state index in [1.54, 1.807) is 6.07 Å². The van der Waals surface area contributed by atoms with Crippen LogP contribution >= 0.6 is 0 Å². The molecule has 0 atom stereocenters. The predicted molar refractivity (Wildman–Crippen MR) is 109 cm³/mol. The van der Waals surface area contributed by atoms with E-state index in [1.165, 1.54) is 23.1 Å². The first kappa shape index (κ1) is 19.1. The van der Waals surface area contributed by atoms with Crippen LogP contribution in [0.25, 0.3) is 0 Å². The molecule has 1 aromatic heterocycles. The molecule has 1 fully saturated rings. The third kappa shape index (κ3) is 4.56. The molecule has 0 bridgehead atoms. The van der Waals surface area contributed by atoms with E-state index in [0.717, 1.165) is 19.6 Å². The Labute approximate surface area is 161 Å². The van der Waals surface area contributed by atoms with Crippen molar-refractivity contribution in [3.63, 3.8) is 0 Å². The Hall–Kier alpha value is -2.63. The van der Waals surface area contributed by atoms with Crippen molar-refractivity contribution in [2.75, 3.05) is 42.9 Å². The first-order valence-corrected chi connectivity index (χ1v) is 9.62. The quantitative estimate of drug-likeness (QED) is 0.880. The molecule has 1 N–H and O–H groups in total. The van der Waals surface area contributed by atoms with E-state index in [2.05, 4.69) is 66.1 Å². The summed E-state index contributed by atoms with van der Waals surface area (Å²) in [5.41, 5.74) is 4.34. The second kappa shape index (κ2) is 8.37. The molecule has 1 amide bonds. The van der Waals surface area contributed by atoms with Gasteiger partial charge in [0.1, 0.15) is 17.8 Å². The first-order valence-electron chi connectivity index (χ1n) is 9.62. The number of piperazine rings is 1. The molecular weight excluding hydrogens is 338 g/mol. The molecule has 0 spiro atoms. The number of hydrogen-bond acceptors (Lipinski definition) is 5. The highest BCUT2D eigenvalue weighted by atomic mass is 16.2. The van der Waals surface area contributed by atoms with Gasteiger partial charge in [-0.2, -0.15) is 0 Å². The Balaban J connectivity index is 1.63. The molecule has 1 aromatic carbocycles. The lowest BCUT2D eigenvalue weighted by atomic mass is 10.1. The summed E-state index contributed by atoms with van der Waals surface area (Å²) in [6.07, 6.45) is 1.46. The molecule has 0 unspecified atom stereocenters. The van der Waals surface area contributed by atoms with Crippen LogP contribution in [0.4, 0.5) is 11.5 Å². The van der Waals surface area contributed by atoms with E-state index in [9.17, 15) is 4.79 Å². The van der Waals surface area contributed by atoms with Crippen LogP contribution in [0.3, 0.4) is 0 Å². The number of rotatable bonds is 5. The number of hydrogen-bond donors (Lipinski definition) is 1. The van der Waals surface area contributed by atoms with E-state index in [0.29, 0.717) is 30.5 Å². The molecular formula is C21H29N5O. The molecule has 144 valence electrons. The number of amides is 1. The van der Waals surface area contributed by atoms with Crippen molar-refractivity contribution in [2.24, 2.45) is 5.92 Å². The minimum Gasteiger partial charge on any atom is -0.370 e. The number of benzene rings is 1. The Bertz CT molecular complexity index is 797. The number of anilines is 2. The van der Waals surface area contributed by atoms with Gasteiger partial charge in [0.15, 0.2) is 0 Å². The number of aryl methyl sites for hydroxylation is 1. The van der Waals surface area contributed by atoms with Gasteiger partial charge in [-0.3, -0.25) is 4.79 Å². The molecule has 0 saturated carbocycles. The summed E-state index contributed by atoms with van der Waals surface area (Å²) in [7, 11) is 0. The van der Waals surface area contributed by atoms with Crippen molar-refractivity contribution >= 4 is 17.4 Å². The van der Waals surface area contributed by atoms with Gasteiger partial charge in [-0.05, 0) is 37.0 Å². The maximum Gasteiger partial charge on any atom is 0.272 e. The summed E-state index contributed by atoms with van der Waals surface area (Å²) < 4.78 is 0. The van der Waals surface area contributed by atoms with Gasteiger partial charge in [-0.25, -0.2) is 9.97 Å². The third-order valence-corrected chi connectivity index (χ3v) is 5.06. The van der Waals surface area contributed by atoms with Gasteiger partial charge in [-0.15, -0.1) is 0 Å². The molecule has 27 heavy (non-hydrogen) atoms. The van der Waals surface area contributed by atoms with E-state index in [1.807, 2.05) is 4.90 Å². The molecule has 6 nitrogen and oxygen atoms in total. The molecule has 0 radical (unpaired) electrons. The summed E-state index contributed by atoms with van der Waals surface area (Å²) in [6.45, 7) is 12.5. The van der Waals surface area contributed by atoms with Crippen molar-refractivity contribution in [3.05, 3.63) is 47.4 Å². The van der Waals surface area contributed by atoms with Gasteiger partial charge in [-0.1, -0.05) is 26.0 Å². The number of nitrogens with zero attached hydrogens (tertiary/aromatic N) is 4. The second-order valence-electron chi connectivity index (χ2n) is 7.56. The van der Waals surface area contributed by atoms with Crippen molar-refractivity contribution in [1.29, 1.82) is 0 Å². The van der Waals surface area contributed by atoms with Gasteiger partial charge in [0.05, 0.1) is 0 Å². The van der Waals surface area contributed by atoms with E-state index in [-0.39, 0.29) is 5.91 Å². The van der Waals surface area contributed by atoms with Crippen molar-refractivity contribution in [2.45, 2.75) is 27.7 Å². The van der Waals surface area contributed by atoms with Gasteiger partial charge < -0.3 is 15.1 Å². The highest BCUT2D eigenvalue weighted by Gasteiger charge is 2.24. The highest BCUT2D eigenvalue weighted by Crippen LogP contribution is 2.24. The average molecular weight is 367 g/mol. The van der Waals surface area contributed by atoms with Crippen LogP contribution in [0.1, 0.15) is 35.5 Å². The summed E-state index contributed by atoms with van der Waals surface area (Å²) in [5.74, 6) is 1.19. The zero-order valence-electron chi connectivity index (χ0n) is 16.7. The van der Waals surface area contributed by atoms with Gasteiger partial charge in [0.2, 0.25) is 0 Å². The fourth-order valence-corrected chi connectivity index (χ4v) is 3.27. The van der Waals surface area contributed by atoms with Crippen LogP contribution in [0.5, 0.6) is 0 Å². The lowest BCUT2D eigenvalue weighted by molar-refractivity contribution is 0.0740. The molecule has 1 aliphatic heterocycles. The molecule has 0 aliphatic carbocycles. The standard InChI is InChI=1S/C21H29N5O/c1-15(2)13-22-20-12-18(23-14-24-20)21(27)26-10-8-25(9-11-26)19-7-5-6-16(3)17(19)4/h5-7,12,14-15H,8-11,13H2,1-4H3,(H,22,23,24). The highest BCUT2D eigenvalue weighted by molar-refractivity contribution is 5.93. The second-order valence-corrected chi connectivity index (χ2v) is 7.56. The van der Waals surface area contributed by atoms with Crippen LogP contribution in [0.15, 0.2) is 30.6 Å². The number of carbonyl (C=O) groups is 1. The monoisotopic (exact) mass is 367 g/mol. The van der Waals surface area contributed by atoms with Crippen molar-refractivity contribution in [3.8, 4) is 0 Å². The lowest BCUT2D eigenvalue weighted by Crippen LogP contribution is -2.49. The summed E-state index contributed by atoms with van der Waals surface area (Å²) >= 11 is 0. The third-order valence-electron chi connectivity index (χ3n) is 5.06. The van der Waals surface area contributed by atoms with E-state index in [4.69, 9.17) is 0 Å². The van der Waals surface area contributed by atoms with Crippen LogP contribution in [0.2, 0.25) is 0 Å². The van der Waals surface area contributed by atoms with Crippen molar-refractivity contribution in [1.82, 2.24) is 14.9 Å². The Morgan fingerprint density at radius 1 is 1.15 bits per heavy atom. The number of nitrogens with one attached hydrogen (secondary N) is 1. The Kier molecular flexibility index (Phi) is 5.94. The van der Waals surface area contributed by atoms with Crippen LogP contribution in [-0.4, -0.2) is 53.5 Å². The van der Waals surface area contributed by atoms with Crippen molar-refractivity contribution < 1.29 is 4.79 Å². The summed E-state index contributed by atoms with van der Waals surface area (Å²) in [4.78, 5) is 25.5. The van der Waals surface area contributed by atoms with Crippen LogP contribution in [-0.2, 0) is 0 Å². The van der Waals surface area contributed by atoms with Crippen LogP contribution < -0.4 is 10.2 Å². The van der Waals surface area contributed by atoms with E-state index >= 15 is 0 Å². The maximum atomic E-state index is 12.8. The Morgan fingerprint density at radius 3 is 2.59 bits per heavy atom. The molecule has 6 heteroatoms. The largest absolute Gasteiger partial charge is 0.370 e. The molecule has 1 aliphatic rings. The minimum absolute atomic E-state index is 0.0226. The molecule has 2 heterocycles. The van der Waals surface area contributed by atoms with Gasteiger partial charge in [0, 0.05) is 44.5 Å². The molecule has 1 saturated heterocycles. The summed E-state index contributed by atoms with van der Waals surface area (Å²) in [6, 6.07) is 8.15. The fraction of sp³-hybridized carbons (Fsp3) is 0.476. The maximum absolute atomic E-state index is 12.8. The number of aromatic nitrogens is 2. The van der Waals surface area contributed by atoms with E-state index < -0.39 is 0 Å². The zero-order chi connectivity index (χ0) is 19.4. The van der Waals surface area contributed by atoms with Gasteiger partial charge >= 0.3 is 0 Å². The Morgan fingerprint density at radius 2 is 1.89 bits per heavy atom. The topological polar surface area (TPSA) is 61.4 Å².